The van der Waals surface area contributed by atoms with Crippen molar-refractivity contribution in [3.63, 3.8) is 0 Å². The third kappa shape index (κ3) is 2.37. The molecule has 2 rings (SSSR count). The van der Waals surface area contributed by atoms with Gasteiger partial charge in [-0.05, 0) is 47.9 Å². The average molecular weight is 248 g/mol. The Morgan fingerprint density at radius 2 is 1.88 bits per heavy atom. The second kappa shape index (κ2) is 4.68. The van der Waals surface area contributed by atoms with Gasteiger partial charge in [-0.3, -0.25) is 0 Å². The van der Waals surface area contributed by atoms with E-state index >= 15 is 0 Å². The van der Waals surface area contributed by atoms with Gasteiger partial charge in [-0.1, -0.05) is 23.7 Å². The number of aryl methyl sites for hydroxylation is 1. The first kappa shape index (κ1) is 11.8. The highest BCUT2D eigenvalue weighted by Gasteiger charge is 2.06. The number of methoxy groups -OCH3 is 1. The largest absolute Gasteiger partial charge is 0.495 e. The topological polar surface area (TPSA) is 35.2 Å². The van der Waals surface area contributed by atoms with Crippen LogP contribution in [0.3, 0.4) is 0 Å². The maximum atomic E-state index is 6.00. The van der Waals surface area contributed by atoms with Crippen molar-refractivity contribution in [1.29, 1.82) is 0 Å². The van der Waals surface area contributed by atoms with Gasteiger partial charge in [0.15, 0.2) is 0 Å². The lowest BCUT2D eigenvalue weighted by molar-refractivity contribution is 0.415. The minimum atomic E-state index is 0.615. The number of hydrogen-bond donors (Lipinski definition) is 1. The number of hydrogen-bond acceptors (Lipinski definition) is 2. The van der Waals surface area contributed by atoms with Crippen LogP contribution in [0.4, 0.5) is 5.69 Å². The zero-order valence-corrected chi connectivity index (χ0v) is 10.6. The molecule has 0 spiro atoms. The number of halogens is 1. The summed E-state index contributed by atoms with van der Waals surface area (Å²) in [6.07, 6.45) is 0. The maximum Gasteiger partial charge on any atom is 0.138 e. The number of rotatable bonds is 2. The lowest BCUT2D eigenvalue weighted by Crippen LogP contribution is -1.90. The van der Waals surface area contributed by atoms with Gasteiger partial charge >= 0.3 is 0 Å². The molecule has 0 radical (unpaired) electrons. The molecule has 0 aliphatic heterocycles. The molecule has 0 saturated heterocycles. The maximum absolute atomic E-state index is 6.00. The summed E-state index contributed by atoms with van der Waals surface area (Å²) in [6.45, 7) is 2.03. The van der Waals surface area contributed by atoms with E-state index in [1.165, 1.54) is 0 Å². The van der Waals surface area contributed by atoms with Gasteiger partial charge in [0, 0.05) is 5.69 Å². The van der Waals surface area contributed by atoms with Crippen LogP contribution in [0.25, 0.3) is 11.1 Å². The Kier molecular flexibility index (Phi) is 3.25. The van der Waals surface area contributed by atoms with Gasteiger partial charge in [0.05, 0.1) is 12.1 Å². The Hall–Kier alpha value is -1.67. The molecule has 0 aliphatic rings. The second-order valence-corrected chi connectivity index (χ2v) is 4.33. The molecule has 3 heteroatoms. The zero-order chi connectivity index (χ0) is 12.4. The van der Waals surface area contributed by atoms with Crippen LogP contribution in [0.2, 0.25) is 5.02 Å². The van der Waals surface area contributed by atoms with Gasteiger partial charge in [-0.2, -0.15) is 0 Å². The predicted molar refractivity (Wildman–Crippen MR) is 72.6 cm³/mol. The van der Waals surface area contributed by atoms with Crippen molar-refractivity contribution in [3.05, 3.63) is 47.0 Å². The van der Waals surface area contributed by atoms with E-state index in [1.807, 2.05) is 43.3 Å². The highest BCUT2D eigenvalue weighted by molar-refractivity contribution is 6.32. The van der Waals surface area contributed by atoms with Crippen LogP contribution in [0, 0.1) is 6.92 Å². The molecule has 17 heavy (non-hydrogen) atoms. The van der Waals surface area contributed by atoms with Crippen LogP contribution in [0.5, 0.6) is 5.75 Å². The van der Waals surface area contributed by atoms with Gasteiger partial charge in [0.25, 0.3) is 0 Å². The number of nitrogens with two attached hydrogens (primary N) is 1. The standard InChI is InChI=1S/C14H14ClNO/c1-9-7-11(16)4-5-12(9)10-3-6-13(15)14(8-10)17-2/h3-8H,16H2,1-2H3. The molecule has 0 heterocycles. The van der Waals surface area contributed by atoms with E-state index in [4.69, 9.17) is 22.1 Å². The van der Waals surface area contributed by atoms with E-state index in [9.17, 15) is 0 Å². The fraction of sp³-hybridized carbons (Fsp3) is 0.143. The van der Waals surface area contributed by atoms with Crippen molar-refractivity contribution in [3.8, 4) is 16.9 Å². The van der Waals surface area contributed by atoms with Crippen molar-refractivity contribution in [2.75, 3.05) is 12.8 Å². The van der Waals surface area contributed by atoms with Crippen molar-refractivity contribution in [1.82, 2.24) is 0 Å². The summed E-state index contributed by atoms with van der Waals surface area (Å²) in [6, 6.07) is 11.6. The molecule has 0 unspecified atom stereocenters. The first-order valence-electron chi connectivity index (χ1n) is 5.32. The van der Waals surface area contributed by atoms with Gasteiger partial charge in [0.2, 0.25) is 0 Å². The Morgan fingerprint density at radius 1 is 1.12 bits per heavy atom. The molecular formula is C14H14ClNO. The van der Waals surface area contributed by atoms with Crippen LogP contribution in [0.1, 0.15) is 5.56 Å². The molecular weight excluding hydrogens is 234 g/mol. The third-order valence-electron chi connectivity index (χ3n) is 2.71. The van der Waals surface area contributed by atoms with E-state index in [0.717, 1.165) is 22.4 Å². The normalized spacial score (nSPS) is 10.3. The quantitative estimate of drug-likeness (QED) is 0.817. The summed E-state index contributed by atoms with van der Waals surface area (Å²) in [7, 11) is 1.61. The van der Waals surface area contributed by atoms with Crippen molar-refractivity contribution in [2.45, 2.75) is 6.92 Å². The van der Waals surface area contributed by atoms with Crippen LogP contribution in [-0.4, -0.2) is 7.11 Å². The number of anilines is 1. The average Bonchev–Trinajstić information content (AvgIpc) is 2.30. The first-order valence-corrected chi connectivity index (χ1v) is 5.69. The fourth-order valence-corrected chi connectivity index (χ4v) is 2.03. The Balaban J connectivity index is 2.53. The van der Waals surface area contributed by atoms with Crippen LogP contribution < -0.4 is 10.5 Å². The van der Waals surface area contributed by atoms with Gasteiger partial charge in [-0.15, -0.1) is 0 Å². The monoisotopic (exact) mass is 247 g/mol. The van der Waals surface area contributed by atoms with Crippen LogP contribution in [-0.2, 0) is 0 Å². The van der Waals surface area contributed by atoms with Crippen molar-refractivity contribution in [2.24, 2.45) is 0 Å². The lowest BCUT2D eigenvalue weighted by Gasteiger charge is -2.09. The number of nitrogen functional groups attached to an aromatic ring is 1. The summed E-state index contributed by atoms with van der Waals surface area (Å²) >= 11 is 6.00. The molecule has 0 aliphatic carbocycles. The molecule has 2 aromatic rings. The zero-order valence-electron chi connectivity index (χ0n) is 9.83. The third-order valence-corrected chi connectivity index (χ3v) is 3.02. The molecule has 0 aromatic heterocycles. The van der Waals surface area contributed by atoms with Crippen molar-refractivity contribution >= 4 is 17.3 Å². The Morgan fingerprint density at radius 3 is 2.53 bits per heavy atom. The van der Waals surface area contributed by atoms with Gasteiger partial charge < -0.3 is 10.5 Å². The molecule has 2 N–H and O–H groups in total. The highest BCUT2D eigenvalue weighted by Crippen LogP contribution is 2.32. The molecule has 2 aromatic carbocycles. The number of benzene rings is 2. The van der Waals surface area contributed by atoms with E-state index in [0.29, 0.717) is 10.8 Å². The molecule has 0 bridgehead atoms. The van der Waals surface area contributed by atoms with Crippen molar-refractivity contribution < 1.29 is 4.74 Å². The SMILES string of the molecule is COc1cc(-c2ccc(N)cc2C)ccc1Cl. The van der Waals surface area contributed by atoms with Gasteiger partial charge in [-0.25, -0.2) is 0 Å². The van der Waals surface area contributed by atoms with Crippen LogP contribution in [0.15, 0.2) is 36.4 Å². The Bertz CT molecular complexity index is 552. The molecule has 0 atom stereocenters. The summed E-state index contributed by atoms with van der Waals surface area (Å²) in [5, 5.41) is 0.615. The second-order valence-electron chi connectivity index (χ2n) is 3.92. The molecule has 2 nitrogen and oxygen atoms in total. The minimum Gasteiger partial charge on any atom is -0.495 e. The number of ether oxygens (including phenoxy) is 1. The Labute approximate surface area is 106 Å². The fourth-order valence-electron chi connectivity index (χ4n) is 1.84. The van der Waals surface area contributed by atoms with E-state index in [2.05, 4.69) is 0 Å². The summed E-state index contributed by atoms with van der Waals surface area (Å²) in [4.78, 5) is 0. The minimum absolute atomic E-state index is 0.615. The summed E-state index contributed by atoms with van der Waals surface area (Å²) in [5.74, 6) is 0.681. The highest BCUT2D eigenvalue weighted by atomic mass is 35.5. The van der Waals surface area contributed by atoms with Gasteiger partial charge in [0.1, 0.15) is 5.75 Å². The summed E-state index contributed by atoms with van der Waals surface area (Å²) < 4.78 is 5.21. The molecule has 0 saturated carbocycles. The smallest absolute Gasteiger partial charge is 0.138 e. The summed E-state index contributed by atoms with van der Waals surface area (Å²) in [5.41, 5.74) is 9.85. The van der Waals surface area contributed by atoms with E-state index in [-0.39, 0.29) is 0 Å². The molecule has 0 fully saturated rings. The molecule has 88 valence electrons. The lowest BCUT2D eigenvalue weighted by atomic mass is 10.00. The van der Waals surface area contributed by atoms with Crippen LogP contribution >= 0.6 is 11.6 Å². The van der Waals surface area contributed by atoms with E-state index < -0.39 is 0 Å². The van der Waals surface area contributed by atoms with E-state index in [1.54, 1.807) is 7.11 Å². The predicted octanol–water partition coefficient (Wildman–Crippen LogP) is 3.91. The molecule has 0 amide bonds. The first-order chi connectivity index (χ1) is 8.11.